The summed E-state index contributed by atoms with van der Waals surface area (Å²) in [5.74, 6) is -2.28. The Balaban J connectivity index is 1.66. The second-order valence-corrected chi connectivity index (χ2v) is 8.14. The van der Waals surface area contributed by atoms with E-state index in [-0.39, 0.29) is 22.4 Å². The van der Waals surface area contributed by atoms with Crippen LogP contribution < -0.4 is 15.4 Å². The van der Waals surface area contributed by atoms with Gasteiger partial charge in [-0.3, -0.25) is 9.52 Å². The molecular weight excluding hydrogens is 376 g/mol. The Bertz CT molecular complexity index is 945. The molecule has 0 spiro atoms. The van der Waals surface area contributed by atoms with Crippen LogP contribution in [0.5, 0.6) is 0 Å². The fourth-order valence-electron chi connectivity index (χ4n) is 2.61. The van der Waals surface area contributed by atoms with E-state index < -0.39 is 21.7 Å². The minimum absolute atomic E-state index is 0.100. The average molecular weight is 395 g/mol. The molecule has 1 amide bonds. The first-order valence-electron chi connectivity index (χ1n) is 8.36. The van der Waals surface area contributed by atoms with Crippen LogP contribution in [0.4, 0.5) is 20.2 Å². The van der Waals surface area contributed by atoms with Crippen LogP contribution in [-0.2, 0) is 14.8 Å². The van der Waals surface area contributed by atoms with E-state index in [1.165, 1.54) is 12.1 Å². The molecule has 3 rings (SSSR count). The first kappa shape index (κ1) is 19.2. The average Bonchev–Trinajstić information content (AvgIpc) is 2.57. The van der Waals surface area contributed by atoms with Crippen LogP contribution in [0.3, 0.4) is 0 Å². The third-order valence-corrected chi connectivity index (χ3v) is 5.92. The summed E-state index contributed by atoms with van der Waals surface area (Å²) in [5.41, 5.74) is 0.767. The van der Waals surface area contributed by atoms with Gasteiger partial charge in [0.1, 0.15) is 0 Å². The van der Waals surface area contributed by atoms with E-state index in [1.807, 2.05) is 6.92 Å². The van der Waals surface area contributed by atoms with Crippen molar-refractivity contribution in [2.24, 2.45) is 11.8 Å². The summed E-state index contributed by atoms with van der Waals surface area (Å²) in [6.07, 6.45) is 0. The minimum Gasteiger partial charge on any atom is -0.326 e. The molecule has 1 atom stereocenters. The number of nitrogens with one attached hydrogen (secondary N) is 3. The third kappa shape index (κ3) is 4.42. The van der Waals surface area contributed by atoms with Gasteiger partial charge in [0, 0.05) is 17.3 Å². The molecule has 144 valence electrons. The highest BCUT2D eigenvalue weighted by Crippen LogP contribution is 2.22. The van der Waals surface area contributed by atoms with Crippen LogP contribution in [0.2, 0.25) is 0 Å². The maximum absolute atomic E-state index is 13.3. The summed E-state index contributed by atoms with van der Waals surface area (Å²) in [4.78, 5) is 11.8. The van der Waals surface area contributed by atoms with Crippen LogP contribution in [0.1, 0.15) is 6.92 Å². The molecule has 0 aromatic heterocycles. The SMILES string of the molecule is CC(C(=O)Nc1ccc(NS(=O)(=O)c2ccc(F)c(F)c2)cc1)C1CNC1. The highest BCUT2D eigenvalue weighted by atomic mass is 32.2. The Morgan fingerprint density at radius 1 is 1.07 bits per heavy atom. The smallest absolute Gasteiger partial charge is 0.261 e. The fraction of sp³-hybridized carbons (Fsp3) is 0.278. The molecule has 0 bridgehead atoms. The lowest BCUT2D eigenvalue weighted by Crippen LogP contribution is -2.48. The first-order valence-corrected chi connectivity index (χ1v) is 9.84. The predicted molar refractivity (Wildman–Crippen MR) is 97.8 cm³/mol. The van der Waals surface area contributed by atoms with Crippen LogP contribution in [-0.4, -0.2) is 27.4 Å². The molecule has 6 nitrogen and oxygen atoms in total. The Morgan fingerprint density at radius 2 is 1.70 bits per heavy atom. The van der Waals surface area contributed by atoms with Gasteiger partial charge in [0.2, 0.25) is 5.91 Å². The topological polar surface area (TPSA) is 87.3 Å². The van der Waals surface area contributed by atoms with Crippen LogP contribution >= 0.6 is 0 Å². The van der Waals surface area contributed by atoms with Gasteiger partial charge in [-0.1, -0.05) is 6.92 Å². The molecule has 1 aliphatic rings. The molecule has 1 saturated heterocycles. The van der Waals surface area contributed by atoms with E-state index in [2.05, 4.69) is 15.4 Å². The summed E-state index contributed by atoms with van der Waals surface area (Å²) in [5, 5.41) is 5.91. The van der Waals surface area contributed by atoms with E-state index in [9.17, 15) is 22.0 Å². The summed E-state index contributed by atoms with van der Waals surface area (Å²) >= 11 is 0. The number of hydrogen-bond donors (Lipinski definition) is 3. The van der Waals surface area contributed by atoms with Gasteiger partial charge in [-0.2, -0.15) is 0 Å². The van der Waals surface area contributed by atoms with E-state index in [0.717, 1.165) is 25.2 Å². The van der Waals surface area contributed by atoms with Crippen molar-refractivity contribution in [2.45, 2.75) is 11.8 Å². The molecule has 1 aliphatic heterocycles. The van der Waals surface area contributed by atoms with E-state index in [1.54, 1.807) is 12.1 Å². The zero-order chi connectivity index (χ0) is 19.6. The predicted octanol–water partition coefficient (Wildman–Crippen LogP) is 2.56. The standard InChI is InChI=1S/C18H19F2N3O3S/c1-11(12-9-21-10-12)18(24)22-13-2-4-14(5-3-13)23-27(25,26)15-6-7-16(19)17(20)8-15/h2-8,11-12,21,23H,9-10H2,1H3,(H,22,24). The number of sulfonamides is 1. The van der Waals surface area contributed by atoms with Crippen molar-refractivity contribution in [3.8, 4) is 0 Å². The molecule has 2 aromatic carbocycles. The maximum atomic E-state index is 13.3. The molecule has 1 unspecified atom stereocenters. The largest absolute Gasteiger partial charge is 0.326 e. The highest BCUT2D eigenvalue weighted by Gasteiger charge is 2.28. The second kappa shape index (κ2) is 7.61. The van der Waals surface area contributed by atoms with Gasteiger partial charge >= 0.3 is 0 Å². The van der Waals surface area contributed by atoms with Gasteiger partial charge in [-0.25, -0.2) is 17.2 Å². The quantitative estimate of drug-likeness (QED) is 0.702. The van der Waals surface area contributed by atoms with E-state index in [0.29, 0.717) is 17.7 Å². The van der Waals surface area contributed by atoms with Gasteiger partial charge in [-0.05, 0) is 61.5 Å². The first-order chi connectivity index (χ1) is 12.8. The molecule has 27 heavy (non-hydrogen) atoms. The van der Waals surface area contributed by atoms with Crippen molar-refractivity contribution in [3.05, 3.63) is 54.1 Å². The number of carbonyl (C=O) groups excluding carboxylic acids is 1. The second-order valence-electron chi connectivity index (χ2n) is 6.46. The molecule has 2 aromatic rings. The van der Waals surface area contributed by atoms with Gasteiger partial charge < -0.3 is 10.6 Å². The van der Waals surface area contributed by atoms with Crippen molar-refractivity contribution < 1.29 is 22.0 Å². The van der Waals surface area contributed by atoms with Crippen molar-refractivity contribution in [1.29, 1.82) is 0 Å². The molecule has 9 heteroatoms. The summed E-state index contributed by atoms with van der Waals surface area (Å²) in [6.45, 7) is 3.50. The number of anilines is 2. The van der Waals surface area contributed by atoms with Crippen molar-refractivity contribution in [2.75, 3.05) is 23.1 Å². The zero-order valence-corrected chi connectivity index (χ0v) is 15.3. The Kier molecular flexibility index (Phi) is 5.43. The molecule has 1 heterocycles. The van der Waals surface area contributed by atoms with Gasteiger partial charge in [0.05, 0.1) is 4.90 Å². The van der Waals surface area contributed by atoms with Crippen LogP contribution in [0.25, 0.3) is 0 Å². The minimum atomic E-state index is -4.06. The molecular formula is C18H19F2N3O3S. The summed E-state index contributed by atoms with van der Waals surface area (Å²) < 4.78 is 53.0. The molecule has 0 radical (unpaired) electrons. The monoisotopic (exact) mass is 395 g/mol. The molecule has 1 fully saturated rings. The Labute approximate surface area is 156 Å². The van der Waals surface area contributed by atoms with Crippen molar-refractivity contribution >= 4 is 27.3 Å². The lowest BCUT2D eigenvalue weighted by atomic mass is 9.88. The number of hydrogen-bond acceptors (Lipinski definition) is 4. The van der Waals surface area contributed by atoms with Gasteiger partial charge in [-0.15, -0.1) is 0 Å². The van der Waals surface area contributed by atoms with E-state index >= 15 is 0 Å². The normalized spacial score (nSPS) is 15.7. The summed E-state index contributed by atoms with van der Waals surface area (Å²) in [7, 11) is -4.06. The van der Waals surface area contributed by atoms with Crippen LogP contribution in [0, 0.1) is 23.5 Å². The van der Waals surface area contributed by atoms with Crippen LogP contribution in [0.15, 0.2) is 47.4 Å². The molecule has 3 N–H and O–H groups in total. The number of carbonyl (C=O) groups is 1. The maximum Gasteiger partial charge on any atom is 0.261 e. The Hall–Kier alpha value is -2.52. The van der Waals surface area contributed by atoms with Crippen molar-refractivity contribution in [1.82, 2.24) is 5.32 Å². The molecule has 0 saturated carbocycles. The fourth-order valence-corrected chi connectivity index (χ4v) is 3.68. The van der Waals surface area contributed by atoms with Gasteiger partial charge in [0.15, 0.2) is 11.6 Å². The Morgan fingerprint density at radius 3 is 2.26 bits per heavy atom. The lowest BCUT2D eigenvalue weighted by Gasteiger charge is -2.31. The van der Waals surface area contributed by atoms with Gasteiger partial charge in [0.25, 0.3) is 10.0 Å². The third-order valence-electron chi connectivity index (χ3n) is 4.54. The number of rotatable bonds is 6. The van der Waals surface area contributed by atoms with E-state index in [4.69, 9.17) is 0 Å². The summed E-state index contributed by atoms with van der Waals surface area (Å²) in [6, 6.07) is 8.42. The number of halogens is 2. The lowest BCUT2D eigenvalue weighted by molar-refractivity contribution is -0.121. The number of benzene rings is 2. The van der Waals surface area contributed by atoms with Crippen molar-refractivity contribution in [3.63, 3.8) is 0 Å². The number of amides is 1. The highest BCUT2D eigenvalue weighted by molar-refractivity contribution is 7.92. The zero-order valence-electron chi connectivity index (χ0n) is 14.5. The molecule has 0 aliphatic carbocycles.